The van der Waals surface area contributed by atoms with Crippen molar-refractivity contribution in [2.75, 3.05) is 0 Å². The average Bonchev–Trinajstić information content (AvgIpc) is 2.99. The molecule has 1 aromatic rings. The molecule has 2 aliphatic rings. The van der Waals surface area contributed by atoms with Crippen molar-refractivity contribution in [3.05, 3.63) is 59.2 Å². The van der Waals surface area contributed by atoms with E-state index in [2.05, 4.69) is 75.3 Å². The van der Waals surface area contributed by atoms with Gasteiger partial charge in [-0.25, -0.2) is 5.01 Å². The lowest BCUT2D eigenvalue weighted by Gasteiger charge is -2.36. The normalized spacial score (nSPS) is 25.3. The summed E-state index contributed by atoms with van der Waals surface area (Å²) >= 11 is 0. The van der Waals surface area contributed by atoms with Gasteiger partial charge in [-0.2, -0.15) is 5.10 Å². The molecule has 3 nitrogen and oxygen atoms in total. The maximum absolute atomic E-state index is 12.1. The number of hydrogen-bond acceptors (Lipinski definition) is 2. The third kappa shape index (κ3) is 3.82. The van der Waals surface area contributed by atoms with Crippen LogP contribution in [0.2, 0.25) is 0 Å². The van der Waals surface area contributed by atoms with E-state index in [1.807, 2.05) is 0 Å². The lowest BCUT2D eigenvalue weighted by Crippen LogP contribution is -2.26. The van der Waals surface area contributed by atoms with Crippen LogP contribution in [0.25, 0.3) is 0 Å². The largest absolute Gasteiger partial charge is 0.273 e. The first-order valence-electron chi connectivity index (χ1n) is 9.56. The lowest BCUT2D eigenvalue weighted by atomic mass is 9.68. The Morgan fingerprint density at radius 3 is 2.54 bits per heavy atom. The van der Waals surface area contributed by atoms with Crippen molar-refractivity contribution >= 4 is 11.6 Å². The molecule has 0 aromatic heterocycles. The summed E-state index contributed by atoms with van der Waals surface area (Å²) in [6, 6.07) is 8.41. The Morgan fingerprint density at radius 2 is 1.92 bits per heavy atom. The molecule has 3 heteroatoms. The second-order valence-corrected chi connectivity index (χ2v) is 8.40. The Kier molecular flexibility index (Phi) is 5.17. The minimum Gasteiger partial charge on any atom is -0.273 e. The first-order valence-corrected chi connectivity index (χ1v) is 9.56. The molecule has 1 aliphatic heterocycles. The molecular weight excluding hydrogens is 320 g/mol. The van der Waals surface area contributed by atoms with Crippen molar-refractivity contribution in [2.45, 2.75) is 59.9 Å². The Morgan fingerprint density at radius 1 is 1.23 bits per heavy atom. The summed E-state index contributed by atoms with van der Waals surface area (Å²) in [4.78, 5) is 12.1. The van der Waals surface area contributed by atoms with Crippen LogP contribution in [0.15, 0.2) is 53.2 Å². The number of carbonyl (C=O) groups is 1. The van der Waals surface area contributed by atoms with Gasteiger partial charge in [-0.05, 0) is 43.7 Å². The van der Waals surface area contributed by atoms with E-state index in [9.17, 15) is 4.79 Å². The predicted octanol–water partition coefficient (Wildman–Crippen LogP) is 5.58. The van der Waals surface area contributed by atoms with Gasteiger partial charge in [0.05, 0.1) is 11.8 Å². The molecule has 1 aliphatic carbocycles. The van der Waals surface area contributed by atoms with Gasteiger partial charge in [0.1, 0.15) is 0 Å². The summed E-state index contributed by atoms with van der Waals surface area (Å²) in [7, 11) is 0. The van der Waals surface area contributed by atoms with Gasteiger partial charge in [-0.1, -0.05) is 61.4 Å². The number of hydrazone groups is 1. The van der Waals surface area contributed by atoms with Crippen molar-refractivity contribution in [1.82, 2.24) is 5.01 Å². The average molecular weight is 351 g/mol. The van der Waals surface area contributed by atoms with E-state index in [0.717, 1.165) is 24.1 Å². The highest BCUT2D eigenvalue weighted by Gasteiger charge is 2.32. The highest BCUT2D eigenvalue weighted by Crippen LogP contribution is 2.42. The van der Waals surface area contributed by atoms with Gasteiger partial charge in [0.25, 0.3) is 0 Å². The number of nitrogens with zero attached hydrogens (tertiary/aromatic N) is 2. The van der Waals surface area contributed by atoms with E-state index in [-0.39, 0.29) is 17.4 Å². The van der Waals surface area contributed by atoms with Crippen molar-refractivity contribution in [1.29, 1.82) is 0 Å². The third-order valence-electron chi connectivity index (χ3n) is 5.79. The Balaban J connectivity index is 1.81. The molecule has 0 saturated carbocycles. The Hall–Kier alpha value is -2.16. The minimum absolute atomic E-state index is 0.00348. The quantitative estimate of drug-likeness (QED) is 0.655. The van der Waals surface area contributed by atoms with E-state index < -0.39 is 0 Å². The lowest BCUT2D eigenvalue weighted by molar-refractivity contribution is -0.130. The van der Waals surface area contributed by atoms with Gasteiger partial charge >= 0.3 is 0 Å². The highest BCUT2D eigenvalue weighted by atomic mass is 16.2. The van der Waals surface area contributed by atoms with Crippen LogP contribution in [0, 0.1) is 18.3 Å². The highest BCUT2D eigenvalue weighted by molar-refractivity contribution is 5.98. The van der Waals surface area contributed by atoms with Gasteiger partial charge in [0.15, 0.2) is 0 Å². The molecule has 1 heterocycles. The first kappa shape index (κ1) is 18.6. The molecule has 1 aromatic carbocycles. The van der Waals surface area contributed by atoms with Gasteiger partial charge < -0.3 is 0 Å². The van der Waals surface area contributed by atoms with Crippen molar-refractivity contribution < 1.29 is 4.79 Å². The summed E-state index contributed by atoms with van der Waals surface area (Å²) in [5.41, 5.74) is 5.07. The molecule has 0 N–H and O–H groups in total. The monoisotopic (exact) mass is 350 g/mol. The summed E-state index contributed by atoms with van der Waals surface area (Å²) in [5, 5.41) is 6.26. The van der Waals surface area contributed by atoms with Crippen molar-refractivity contribution in [2.24, 2.45) is 16.4 Å². The maximum atomic E-state index is 12.1. The molecule has 1 amide bonds. The predicted molar refractivity (Wildman–Crippen MR) is 108 cm³/mol. The van der Waals surface area contributed by atoms with Crippen LogP contribution in [0.4, 0.5) is 0 Å². The summed E-state index contributed by atoms with van der Waals surface area (Å²) in [5.74, 6) is 0.427. The molecule has 0 bridgehead atoms. The molecule has 2 unspecified atom stereocenters. The summed E-state index contributed by atoms with van der Waals surface area (Å²) < 4.78 is 0. The van der Waals surface area contributed by atoms with Gasteiger partial charge in [0.2, 0.25) is 5.91 Å². The molecule has 2 atom stereocenters. The molecule has 0 radical (unpaired) electrons. The molecular formula is C23H30N2O. The van der Waals surface area contributed by atoms with Gasteiger partial charge in [-0.3, -0.25) is 4.79 Å². The van der Waals surface area contributed by atoms with Gasteiger partial charge in [-0.15, -0.1) is 0 Å². The van der Waals surface area contributed by atoms with Crippen LogP contribution in [0.5, 0.6) is 0 Å². The third-order valence-corrected chi connectivity index (χ3v) is 5.79. The zero-order valence-corrected chi connectivity index (χ0v) is 16.6. The SMILES string of the molecule is CC(=O)N1N=C(C=CC2C(C)=CCCC2(C)C)CC1c1ccc(C)cc1. The number of rotatable bonds is 3. The standard InChI is InChI=1S/C23H30N2O/c1-16-8-10-19(11-9-16)22-15-20(24-25(22)18(3)26)12-13-21-17(2)7-6-14-23(21,4)5/h7-13,21-22H,6,14-15H2,1-5H3. The number of benzene rings is 1. The number of aryl methyl sites for hydroxylation is 1. The van der Waals surface area contributed by atoms with E-state index in [4.69, 9.17) is 0 Å². The fourth-order valence-electron chi connectivity index (χ4n) is 4.16. The topological polar surface area (TPSA) is 32.7 Å². The zero-order valence-electron chi connectivity index (χ0n) is 16.6. The van der Waals surface area contributed by atoms with Crippen LogP contribution in [-0.4, -0.2) is 16.6 Å². The van der Waals surface area contributed by atoms with Crippen LogP contribution in [0.3, 0.4) is 0 Å². The molecule has 138 valence electrons. The minimum atomic E-state index is -0.00644. The second-order valence-electron chi connectivity index (χ2n) is 8.40. The Bertz CT molecular complexity index is 768. The van der Waals surface area contributed by atoms with Crippen LogP contribution >= 0.6 is 0 Å². The maximum Gasteiger partial charge on any atom is 0.240 e. The molecule has 0 fully saturated rings. The molecule has 0 spiro atoms. The number of allylic oxidation sites excluding steroid dienone is 4. The van der Waals surface area contributed by atoms with Crippen LogP contribution in [0.1, 0.15) is 64.1 Å². The smallest absolute Gasteiger partial charge is 0.240 e. The molecule has 26 heavy (non-hydrogen) atoms. The number of carbonyl (C=O) groups excluding carboxylic acids is 1. The van der Waals surface area contributed by atoms with Crippen LogP contribution < -0.4 is 0 Å². The van der Waals surface area contributed by atoms with Crippen molar-refractivity contribution in [3.8, 4) is 0 Å². The van der Waals surface area contributed by atoms with E-state index in [1.165, 1.54) is 17.6 Å². The molecule has 0 saturated heterocycles. The summed E-state index contributed by atoms with van der Waals surface area (Å²) in [6.07, 6.45) is 9.93. The fourth-order valence-corrected chi connectivity index (χ4v) is 4.16. The fraction of sp³-hybridized carbons (Fsp3) is 0.478. The first-order chi connectivity index (χ1) is 12.3. The molecule has 3 rings (SSSR count). The number of amides is 1. The van der Waals surface area contributed by atoms with Gasteiger partial charge in [0, 0.05) is 19.3 Å². The summed E-state index contributed by atoms with van der Waals surface area (Å²) in [6.45, 7) is 10.6. The second kappa shape index (κ2) is 7.22. The van der Waals surface area contributed by atoms with E-state index in [0.29, 0.717) is 5.92 Å². The van der Waals surface area contributed by atoms with E-state index >= 15 is 0 Å². The number of hydrogen-bond donors (Lipinski definition) is 0. The van der Waals surface area contributed by atoms with E-state index in [1.54, 1.807) is 11.9 Å². The zero-order chi connectivity index (χ0) is 18.9. The van der Waals surface area contributed by atoms with Crippen molar-refractivity contribution in [3.63, 3.8) is 0 Å². The Labute approximate surface area is 157 Å². The van der Waals surface area contributed by atoms with Crippen LogP contribution in [-0.2, 0) is 4.79 Å².